The molecule has 16 heavy (non-hydrogen) atoms. The number of para-hydroxylation sites is 1. The molecule has 1 heterocycles. The normalized spacial score (nSPS) is 9.75. The van der Waals surface area contributed by atoms with Crippen molar-refractivity contribution >= 4 is 22.7 Å². The SMILES string of the molecule is O.O=C(O)C(=O)Cc1c[nH]c2ccccc12. The smallest absolute Gasteiger partial charge is 0.372 e. The van der Waals surface area contributed by atoms with Crippen LogP contribution in [0, 0.1) is 0 Å². The van der Waals surface area contributed by atoms with E-state index < -0.39 is 11.8 Å². The van der Waals surface area contributed by atoms with Crippen molar-refractivity contribution in [1.29, 1.82) is 0 Å². The number of carboxylic acid groups (broad SMARTS) is 1. The predicted octanol–water partition coefficient (Wildman–Crippen LogP) is 0.539. The van der Waals surface area contributed by atoms with Crippen molar-refractivity contribution in [3.05, 3.63) is 36.0 Å². The standard InChI is InChI=1S/C11H9NO3.H2O/c13-10(11(14)15)5-7-6-12-9-4-2-1-3-8(7)9;/h1-4,6,12H,5H2,(H,14,15);1H2. The third-order valence-corrected chi connectivity index (χ3v) is 2.26. The fourth-order valence-electron chi connectivity index (χ4n) is 1.53. The number of benzene rings is 1. The van der Waals surface area contributed by atoms with Crippen LogP contribution in [0.2, 0.25) is 0 Å². The summed E-state index contributed by atoms with van der Waals surface area (Å²) >= 11 is 0. The maximum Gasteiger partial charge on any atom is 0.372 e. The maximum absolute atomic E-state index is 11.0. The number of fused-ring (bicyclic) bond motifs is 1. The average molecular weight is 221 g/mol. The van der Waals surface area contributed by atoms with Crippen molar-refractivity contribution in [3.63, 3.8) is 0 Å². The maximum atomic E-state index is 11.0. The highest BCUT2D eigenvalue weighted by Crippen LogP contribution is 2.18. The fraction of sp³-hybridized carbons (Fsp3) is 0.0909. The zero-order chi connectivity index (χ0) is 10.8. The topological polar surface area (TPSA) is 102 Å². The van der Waals surface area contributed by atoms with Gasteiger partial charge >= 0.3 is 5.97 Å². The molecule has 0 atom stereocenters. The van der Waals surface area contributed by atoms with Gasteiger partial charge in [-0.2, -0.15) is 0 Å². The molecular formula is C11H11NO4. The Labute approximate surface area is 91.0 Å². The minimum absolute atomic E-state index is 0. The van der Waals surface area contributed by atoms with Gasteiger partial charge in [-0.15, -0.1) is 0 Å². The summed E-state index contributed by atoms with van der Waals surface area (Å²) in [7, 11) is 0. The van der Waals surface area contributed by atoms with E-state index in [2.05, 4.69) is 4.98 Å². The van der Waals surface area contributed by atoms with Gasteiger partial charge in [-0.25, -0.2) is 4.79 Å². The van der Waals surface area contributed by atoms with E-state index >= 15 is 0 Å². The Bertz CT molecular complexity index is 530. The molecule has 1 aromatic heterocycles. The molecule has 0 saturated carbocycles. The second-order valence-corrected chi connectivity index (χ2v) is 3.26. The molecule has 1 aromatic carbocycles. The van der Waals surface area contributed by atoms with Crippen LogP contribution >= 0.6 is 0 Å². The van der Waals surface area contributed by atoms with Gasteiger partial charge in [0.15, 0.2) is 0 Å². The molecule has 84 valence electrons. The number of ketones is 1. The molecule has 0 radical (unpaired) electrons. The zero-order valence-corrected chi connectivity index (χ0v) is 8.36. The van der Waals surface area contributed by atoms with Crippen LogP contribution in [-0.2, 0) is 16.0 Å². The quantitative estimate of drug-likeness (QED) is 0.739. The molecule has 0 aliphatic heterocycles. The van der Waals surface area contributed by atoms with E-state index in [1.165, 1.54) is 0 Å². The minimum Gasteiger partial charge on any atom is -0.475 e. The highest BCUT2D eigenvalue weighted by Gasteiger charge is 2.14. The van der Waals surface area contributed by atoms with E-state index in [1.54, 1.807) is 6.20 Å². The lowest BCUT2D eigenvalue weighted by molar-refractivity contribution is -0.148. The molecule has 5 heteroatoms. The van der Waals surface area contributed by atoms with Crippen LogP contribution in [0.25, 0.3) is 10.9 Å². The van der Waals surface area contributed by atoms with E-state index in [9.17, 15) is 9.59 Å². The van der Waals surface area contributed by atoms with Crippen LogP contribution in [0.1, 0.15) is 5.56 Å². The average Bonchev–Trinajstić information content (AvgIpc) is 2.62. The van der Waals surface area contributed by atoms with E-state index in [-0.39, 0.29) is 11.9 Å². The van der Waals surface area contributed by atoms with Gasteiger partial charge in [-0.1, -0.05) is 18.2 Å². The Balaban J connectivity index is 0.00000128. The van der Waals surface area contributed by atoms with Gasteiger partial charge < -0.3 is 15.6 Å². The molecule has 0 saturated heterocycles. The number of nitrogens with one attached hydrogen (secondary N) is 1. The Morgan fingerprint density at radius 1 is 1.25 bits per heavy atom. The predicted molar refractivity (Wildman–Crippen MR) is 58.3 cm³/mol. The summed E-state index contributed by atoms with van der Waals surface area (Å²) in [4.78, 5) is 24.4. The molecule has 0 aliphatic rings. The second kappa shape index (κ2) is 4.59. The zero-order valence-electron chi connectivity index (χ0n) is 8.36. The lowest BCUT2D eigenvalue weighted by Crippen LogP contribution is -2.14. The first-order chi connectivity index (χ1) is 7.18. The van der Waals surface area contributed by atoms with Crippen LogP contribution < -0.4 is 0 Å². The molecule has 0 amide bonds. The van der Waals surface area contributed by atoms with E-state index in [0.29, 0.717) is 0 Å². The molecule has 2 rings (SSSR count). The van der Waals surface area contributed by atoms with Gasteiger partial charge in [-0.05, 0) is 11.6 Å². The van der Waals surface area contributed by atoms with Crippen LogP contribution in [-0.4, -0.2) is 27.3 Å². The molecule has 2 aromatic rings. The lowest BCUT2D eigenvalue weighted by atomic mass is 10.1. The number of aliphatic carboxylic acids is 1. The number of hydrogen-bond acceptors (Lipinski definition) is 2. The first-order valence-electron chi connectivity index (χ1n) is 4.49. The van der Waals surface area contributed by atoms with Gasteiger partial charge in [-0.3, -0.25) is 4.79 Å². The first-order valence-corrected chi connectivity index (χ1v) is 4.49. The van der Waals surface area contributed by atoms with Crippen LogP contribution in [0.3, 0.4) is 0 Å². The summed E-state index contributed by atoms with van der Waals surface area (Å²) < 4.78 is 0. The van der Waals surface area contributed by atoms with Gasteiger partial charge in [0.2, 0.25) is 5.78 Å². The molecule has 0 unspecified atom stereocenters. The summed E-state index contributed by atoms with van der Waals surface area (Å²) in [5.41, 5.74) is 1.63. The fourth-order valence-corrected chi connectivity index (χ4v) is 1.53. The number of carboxylic acids is 1. The third-order valence-electron chi connectivity index (χ3n) is 2.26. The lowest BCUT2D eigenvalue weighted by Gasteiger charge is -1.94. The van der Waals surface area contributed by atoms with Crippen molar-refractivity contribution in [2.24, 2.45) is 0 Å². The van der Waals surface area contributed by atoms with Crippen LogP contribution in [0.15, 0.2) is 30.5 Å². The Morgan fingerprint density at radius 3 is 2.62 bits per heavy atom. The number of Topliss-reactive ketones (excluding diaryl/α,β-unsaturated/α-hetero) is 1. The van der Waals surface area contributed by atoms with Gasteiger partial charge in [0, 0.05) is 23.5 Å². The summed E-state index contributed by atoms with van der Waals surface area (Å²) in [6, 6.07) is 7.47. The summed E-state index contributed by atoms with van der Waals surface area (Å²) in [6.45, 7) is 0. The number of carbonyl (C=O) groups excluding carboxylic acids is 1. The second-order valence-electron chi connectivity index (χ2n) is 3.26. The number of carbonyl (C=O) groups is 2. The summed E-state index contributed by atoms with van der Waals surface area (Å²) in [6.07, 6.45) is 1.60. The summed E-state index contributed by atoms with van der Waals surface area (Å²) in [5, 5.41) is 9.39. The molecular weight excluding hydrogens is 210 g/mol. The molecule has 0 fully saturated rings. The highest BCUT2D eigenvalue weighted by atomic mass is 16.4. The number of rotatable bonds is 3. The van der Waals surface area contributed by atoms with Crippen molar-refractivity contribution in [2.45, 2.75) is 6.42 Å². The van der Waals surface area contributed by atoms with Crippen molar-refractivity contribution in [1.82, 2.24) is 4.98 Å². The van der Waals surface area contributed by atoms with Crippen LogP contribution in [0.5, 0.6) is 0 Å². The van der Waals surface area contributed by atoms with Gasteiger partial charge in [0.1, 0.15) is 0 Å². The number of aromatic nitrogens is 1. The number of aromatic amines is 1. The Morgan fingerprint density at radius 2 is 1.94 bits per heavy atom. The Hall–Kier alpha value is -2.14. The van der Waals surface area contributed by atoms with E-state index in [0.717, 1.165) is 16.5 Å². The summed E-state index contributed by atoms with van der Waals surface area (Å²) in [5.74, 6) is -2.18. The Kier molecular flexibility index (Phi) is 3.42. The molecule has 0 aliphatic carbocycles. The largest absolute Gasteiger partial charge is 0.475 e. The van der Waals surface area contributed by atoms with Crippen molar-refractivity contribution in [3.8, 4) is 0 Å². The molecule has 0 bridgehead atoms. The third kappa shape index (κ3) is 2.09. The molecule has 5 nitrogen and oxygen atoms in total. The molecule has 4 N–H and O–H groups in total. The van der Waals surface area contributed by atoms with Crippen LogP contribution in [0.4, 0.5) is 0 Å². The van der Waals surface area contributed by atoms with E-state index in [1.807, 2.05) is 24.3 Å². The first kappa shape index (κ1) is 11.9. The van der Waals surface area contributed by atoms with E-state index in [4.69, 9.17) is 5.11 Å². The number of H-pyrrole nitrogens is 1. The number of hydrogen-bond donors (Lipinski definition) is 2. The van der Waals surface area contributed by atoms with Crippen molar-refractivity contribution in [2.75, 3.05) is 0 Å². The monoisotopic (exact) mass is 221 g/mol. The van der Waals surface area contributed by atoms with Gasteiger partial charge in [0.25, 0.3) is 0 Å². The highest BCUT2D eigenvalue weighted by molar-refractivity contribution is 6.33. The van der Waals surface area contributed by atoms with Gasteiger partial charge in [0.05, 0.1) is 0 Å². The molecule has 0 spiro atoms. The minimum atomic E-state index is -1.39. The van der Waals surface area contributed by atoms with Crippen molar-refractivity contribution < 1.29 is 20.2 Å².